The molecular weight excluding hydrogens is 328 g/mol. The fraction of sp³-hybridized carbons (Fsp3) is 0. The number of hydrogen-bond donors (Lipinski definition) is 2. The Labute approximate surface area is 131 Å². The minimum absolute atomic E-state index is 0.00361. The minimum Gasteiger partial charge on any atom is -0.322 e. The molecule has 6 nitrogen and oxygen atoms in total. The first-order valence-electron chi connectivity index (χ1n) is 6.15. The molecule has 0 atom stereocenters. The van der Waals surface area contributed by atoms with Crippen molar-refractivity contribution in [3.63, 3.8) is 0 Å². The van der Waals surface area contributed by atoms with Gasteiger partial charge >= 0.3 is 0 Å². The maximum absolute atomic E-state index is 12.1. The van der Waals surface area contributed by atoms with Crippen LogP contribution in [0.2, 0.25) is 5.02 Å². The van der Waals surface area contributed by atoms with Crippen LogP contribution in [0, 0.1) is 0 Å². The quantitative estimate of drug-likeness (QED) is 0.877. The Balaban J connectivity index is 1.90. The van der Waals surface area contributed by atoms with Gasteiger partial charge in [-0.15, -0.1) is 0 Å². The molecule has 2 amide bonds. The first kappa shape index (κ1) is 14.6. The average molecular weight is 337 g/mol. The number of carbonyl (C=O) groups excluding carboxylic acids is 2. The summed E-state index contributed by atoms with van der Waals surface area (Å²) in [6.45, 7) is 0. The number of rotatable bonds is 2. The van der Waals surface area contributed by atoms with E-state index in [1.165, 1.54) is 24.3 Å². The number of nitrogens with one attached hydrogen (secondary N) is 2. The highest BCUT2D eigenvalue weighted by atomic mass is 35.5. The predicted molar refractivity (Wildman–Crippen MR) is 80.5 cm³/mol. The number of benzene rings is 2. The molecule has 2 N–H and O–H groups in total. The molecule has 0 spiro atoms. The molecule has 0 aliphatic carbocycles. The van der Waals surface area contributed by atoms with Crippen molar-refractivity contribution in [1.29, 1.82) is 0 Å². The normalized spacial score (nSPS) is 15.0. The predicted octanol–water partition coefficient (Wildman–Crippen LogP) is 2.02. The number of amides is 2. The Bertz CT molecular complexity index is 909. The first-order valence-corrected chi connectivity index (χ1v) is 8.01. The van der Waals surface area contributed by atoms with Gasteiger partial charge in [-0.05, 0) is 36.4 Å². The average Bonchev–Trinajstić information content (AvgIpc) is 2.68. The molecule has 2 aromatic rings. The first-order chi connectivity index (χ1) is 10.4. The van der Waals surface area contributed by atoms with Crippen LogP contribution >= 0.6 is 11.6 Å². The van der Waals surface area contributed by atoms with Gasteiger partial charge in [0.05, 0.1) is 5.56 Å². The molecule has 112 valence electrons. The molecule has 1 aliphatic heterocycles. The van der Waals surface area contributed by atoms with Crippen molar-refractivity contribution in [2.45, 2.75) is 4.90 Å². The van der Waals surface area contributed by atoms with Gasteiger partial charge in [0.25, 0.3) is 21.8 Å². The standard InChI is InChI=1S/C14H9ClN2O4S/c15-9-3-1-2-8(6-9)13(18)16-10-4-5-12-11(7-10)14(19)17-22(12,20)21/h1-7H,(H,16,18)(H,17,19). The highest BCUT2D eigenvalue weighted by Crippen LogP contribution is 2.25. The maximum Gasteiger partial charge on any atom is 0.266 e. The smallest absolute Gasteiger partial charge is 0.266 e. The third kappa shape index (κ3) is 2.56. The van der Waals surface area contributed by atoms with E-state index < -0.39 is 21.8 Å². The Hall–Kier alpha value is -2.38. The molecule has 0 aromatic heterocycles. The number of anilines is 1. The lowest BCUT2D eigenvalue weighted by atomic mass is 10.1. The van der Waals surface area contributed by atoms with Crippen molar-refractivity contribution in [2.24, 2.45) is 0 Å². The summed E-state index contributed by atoms with van der Waals surface area (Å²) in [5, 5.41) is 3.01. The summed E-state index contributed by atoms with van der Waals surface area (Å²) in [5.41, 5.74) is 0.671. The molecule has 0 fully saturated rings. The number of hydrogen-bond acceptors (Lipinski definition) is 4. The molecule has 0 saturated carbocycles. The minimum atomic E-state index is -3.79. The Kier molecular flexibility index (Phi) is 3.38. The van der Waals surface area contributed by atoms with Gasteiger partial charge in [-0.1, -0.05) is 17.7 Å². The largest absolute Gasteiger partial charge is 0.322 e. The monoisotopic (exact) mass is 336 g/mol. The van der Waals surface area contributed by atoms with Crippen molar-refractivity contribution in [2.75, 3.05) is 5.32 Å². The number of halogens is 1. The van der Waals surface area contributed by atoms with Crippen LogP contribution in [0.3, 0.4) is 0 Å². The van der Waals surface area contributed by atoms with Gasteiger partial charge in [-0.25, -0.2) is 13.1 Å². The number of carbonyl (C=O) groups is 2. The van der Waals surface area contributed by atoms with Crippen molar-refractivity contribution >= 4 is 39.1 Å². The lowest BCUT2D eigenvalue weighted by molar-refractivity contribution is 0.0982. The lowest BCUT2D eigenvalue weighted by Gasteiger charge is -2.06. The highest BCUT2D eigenvalue weighted by Gasteiger charge is 2.32. The molecule has 3 rings (SSSR count). The summed E-state index contributed by atoms with van der Waals surface area (Å²) in [7, 11) is -3.79. The Morgan fingerprint density at radius 1 is 1.14 bits per heavy atom. The van der Waals surface area contributed by atoms with Crippen LogP contribution in [0.15, 0.2) is 47.4 Å². The van der Waals surface area contributed by atoms with Crippen LogP contribution < -0.4 is 10.0 Å². The molecule has 22 heavy (non-hydrogen) atoms. The fourth-order valence-corrected chi connectivity index (χ4v) is 3.43. The summed E-state index contributed by atoms with van der Waals surface area (Å²) in [6, 6.07) is 10.4. The Morgan fingerprint density at radius 3 is 2.64 bits per heavy atom. The summed E-state index contributed by atoms with van der Waals surface area (Å²) >= 11 is 5.82. The fourth-order valence-electron chi connectivity index (χ4n) is 2.08. The van der Waals surface area contributed by atoms with Crippen molar-refractivity contribution in [3.8, 4) is 0 Å². The summed E-state index contributed by atoms with van der Waals surface area (Å²) < 4.78 is 25.1. The van der Waals surface area contributed by atoms with Crippen molar-refractivity contribution in [3.05, 3.63) is 58.6 Å². The van der Waals surface area contributed by atoms with Gasteiger partial charge in [-0.3, -0.25) is 9.59 Å². The van der Waals surface area contributed by atoms with E-state index in [2.05, 4.69) is 5.32 Å². The second kappa shape index (κ2) is 5.11. The van der Waals surface area contributed by atoms with E-state index in [-0.39, 0.29) is 10.5 Å². The zero-order valence-corrected chi connectivity index (χ0v) is 12.5. The molecule has 0 unspecified atom stereocenters. The molecule has 2 aromatic carbocycles. The van der Waals surface area contributed by atoms with Gasteiger partial charge in [0.15, 0.2) is 0 Å². The molecule has 1 heterocycles. The molecule has 0 saturated heterocycles. The zero-order chi connectivity index (χ0) is 15.9. The molecule has 0 bridgehead atoms. The molecule has 8 heteroatoms. The van der Waals surface area contributed by atoms with Crippen LogP contribution in [-0.4, -0.2) is 20.2 Å². The highest BCUT2D eigenvalue weighted by molar-refractivity contribution is 7.90. The van der Waals surface area contributed by atoms with Crippen LogP contribution in [0.25, 0.3) is 0 Å². The van der Waals surface area contributed by atoms with Gasteiger partial charge in [0.2, 0.25) is 0 Å². The van der Waals surface area contributed by atoms with Gasteiger partial charge in [0.1, 0.15) is 4.90 Å². The van der Waals surface area contributed by atoms with E-state index in [4.69, 9.17) is 11.6 Å². The van der Waals surface area contributed by atoms with E-state index >= 15 is 0 Å². The van der Waals surface area contributed by atoms with Gasteiger partial charge in [-0.2, -0.15) is 0 Å². The second-order valence-corrected chi connectivity index (χ2v) is 6.70. The van der Waals surface area contributed by atoms with Crippen LogP contribution in [0.1, 0.15) is 20.7 Å². The van der Waals surface area contributed by atoms with E-state index in [1.807, 2.05) is 4.72 Å². The number of fused-ring (bicyclic) bond motifs is 1. The van der Waals surface area contributed by atoms with E-state index in [0.29, 0.717) is 16.3 Å². The van der Waals surface area contributed by atoms with Crippen molar-refractivity contribution in [1.82, 2.24) is 4.72 Å². The SMILES string of the molecule is O=C(Nc1ccc2c(c1)C(=O)NS2(=O)=O)c1cccc(Cl)c1. The van der Waals surface area contributed by atoms with E-state index in [9.17, 15) is 18.0 Å². The lowest BCUT2D eigenvalue weighted by Crippen LogP contribution is -2.20. The summed E-state index contributed by atoms with van der Waals surface area (Å²) in [5.74, 6) is -1.13. The summed E-state index contributed by atoms with van der Waals surface area (Å²) in [4.78, 5) is 23.6. The van der Waals surface area contributed by atoms with Gasteiger partial charge in [0, 0.05) is 16.3 Å². The topological polar surface area (TPSA) is 92.3 Å². The van der Waals surface area contributed by atoms with Crippen molar-refractivity contribution < 1.29 is 18.0 Å². The Morgan fingerprint density at radius 2 is 1.91 bits per heavy atom. The van der Waals surface area contributed by atoms with E-state index in [1.54, 1.807) is 18.2 Å². The van der Waals surface area contributed by atoms with Crippen LogP contribution in [0.4, 0.5) is 5.69 Å². The molecule has 1 aliphatic rings. The third-order valence-electron chi connectivity index (χ3n) is 3.09. The second-order valence-electron chi connectivity index (χ2n) is 4.61. The zero-order valence-electron chi connectivity index (χ0n) is 11.0. The summed E-state index contributed by atoms with van der Waals surface area (Å²) in [6.07, 6.45) is 0. The maximum atomic E-state index is 12.1. The van der Waals surface area contributed by atoms with Crippen LogP contribution in [0.5, 0.6) is 0 Å². The third-order valence-corrected chi connectivity index (χ3v) is 4.71. The number of sulfonamides is 1. The molecule has 0 radical (unpaired) electrons. The van der Waals surface area contributed by atoms with Gasteiger partial charge < -0.3 is 5.32 Å². The van der Waals surface area contributed by atoms with E-state index in [0.717, 1.165) is 0 Å². The van der Waals surface area contributed by atoms with Crippen LogP contribution in [-0.2, 0) is 10.0 Å². The molecular formula is C14H9ClN2O4S.